The molecule has 1 aromatic heterocycles. The summed E-state index contributed by atoms with van der Waals surface area (Å²) < 4.78 is 10.7. The first kappa shape index (κ1) is 19.8. The molecule has 1 saturated heterocycles. The van der Waals surface area contributed by atoms with E-state index in [1.165, 1.54) is 18.2 Å². The quantitative estimate of drug-likeness (QED) is 0.452. The van der Waals surface area contributed by atoms with Gasteiger partial charge >= 0.3 is 0 Å². The number of rotatable bonds is 7. The van der Waals surface area contributed by atoms with Gasteiger partial charge in [0.1, 0.15) is 11.6 Å². The summed E-state index contributed by atoms with van der Waals surface area (Å²) in [6.45, 7) is 3.68. The zero-order chi connectivity index (χ0) is 20.9. The van der Waals surface area contributed by atoms with Crippen LogP contribution < -0.4 is 10.1 Å². The summed E-state index contributed by atoms with van der Waals surface area (Å²) in [5.74, 6) is 0.759. The summed E-state index contributed by atoms with van der Waals surface area (Å²) in [6, 6.07) is 11.1. The van der Waals surface area contributed by atoms with Gasteiger partial charge in [0, 0.05) is 24.8 Å². The number of anilines is 1. The van der Waals surface area contributed by atoms with Crippen molar-refractivity contribution in [3.8, 4) is 5.75 Å². The minimum Gasteiger partial charge on any atom is -0.484 e. The van der Waals surface area contributed by atoms with Crippen LogP contribution in [0.3, 0.4) is 0 Å². The van der Waals surface area contributed by atoms with E-state index in [1.54, 1.807) is 12.1 Å². The van der Waals surface area contributed by atoms with E-state index < -0.39 is 4.92 Å². The number of nitrogens with one attached hydrogen (secondary N) is 2. The number of nitro groups is 1. The molecule has 0 aliphatic carbocycles. The van der Waals surface area contributed by atoms with Gasteiger partial charge in [0.25, 0.3) is 11.6 Å². The van der Waals surface area contributed by atoms with Crippen molar-refractivity contribution < 1.29 is 19.2 Å². The van der Waals surface area contributed by atoms with Gasteiger partial charge in [0.05, 0.1) is 41.8 Å². The van der Waals surface area contributed by atoms with E-state index in [0.717, 1.165) is 49.7 Å². The molecule has 1 fully saturated rings. The molecular formula is C20H21N5O5. The summed E-state index contributed by atoms with van der Waals surface area (Å²) in [6.07, 6.45) is 0. The second-order valence-electron chi connectivity index (χ2n) is 6.90. The molecule has 4 rings (SSSR count). The number of aromatic amines is 1. The molecule has 1 amide bonds. The summed E-state index contributed by atoms with van der Waals surface area (Å²) in [7, 11) is 0. The van der Waals surface area contributed by atoms with Crippen LogP contribution in [0.25, 0.3) is 11.0 Å². The van der Waals surface area contributed by atoms with Gasteiger partial charge in [-0.05, 0) is 24.3 Å². The minimum atomic E-state index is -0.514. The molecule has 0 radical (unpaired) electrons. The summed E-state index contributed by atoms with van der Waals surface area (Å²) in [4.78, 5) is 32.6. The molecule has 30 heavy (non-hydrogen) atoms. The summed E-state index contributed by atoms with van der Waals surface area (Å²) in [5.41, 5.74) is 2.17. The lowest BCUT2D eigenvalue weighted by molar-refractivity contribution is -0.384. The van der Waals surface area contributed by atoms with Crippen LogP contribution in [0.5, 0.6) is 5.75 Å². The number of fused-ring (bicyclic) bond motifs is 1. The smallest absolute Gasteiger partial charge is 0.273 e. The minimum absolute atomic E-state index is 0.0921. The molecule has 156 valence electrons. The number of nitro benzene ring substituents is 1. The summed E-state index contributed by atoms with van der Waals surface area (Å²) >= 11 is 0. The Kier molecular flexibility index (Phi) is 5.87. The normalized spacial score (nSPS) is 14.5. The maximum Gasteiger partial charge on any atom is 0.273 e. The van der Waals surface area contributed by atoms with Crippen molar-refractivity contribution in [2.24, 2.45) is 0 Å². The van der Waals surface area contributed by atoms with Crippen LogP contribution in [-0.4, -0.2) is 58.6 Å². The number of carbonyl (C=O) groups excluding carboxylic acids is 1. The summed E-state index contributed by atoms with van der Waals surface area (Å²) in [5, 5.41) is 13.6. The maximum absolute atomic E-state index is 12.2. The number of imidazole rings is 1. The van der Waals surface area contributed by atoms with Gasteiger partial charge in [0.15, 0.2) is 6.61 Å². The van der Waals surface area contributed by atoms with E-state index in [2.05, 4.69) is 20.2 Å². The first-order valence-electron chi connectivity index (χ1n) is 9.53. The number of aromatic nitrogens is 2. The highest BCUT2D eigenvalue weighted by Crippen LogP contribution is 2.20. The fraction of sp³-hybridized carbons (Fsp3) is 0.300. The number of morpholine rings is 1. The van der Waals surface area contributed by atoms with Crippen LogP contribution in [0.1, 0.15) is 5.82 Å². The van der Waals surface area contributed by atoms with Crippen LogP contribution in [0, 0.1) is 10.1 Å². The molecule has 2 N–H and O–H groups in total. The number of hydrogen-bond acceptors (Lipinski definition) is 7. The number of amides is 1. The molecule has 0 saturated carbocycles. The van der Waals surface area contributed by atoms with Gasteiger partial charge < -0.3 is 19.8 Å². The predicted molar refractivity (Wildman–Crippen MR) is 109 cm³/mol. The molecule has 2 heterocycles. The van der Waals surface area contributed by atoms with Crippen molar-refractivity contribution in [3.63, 3.8) is 0 Å². The van der Waals surface area contributed by atoms with E-state index in [4.69, 9.17) is 9.47 Å². The molecule has 2 aromatic carbocycles. The van der Waals surface area contributed by atoms with Crippen LogP contribution in [-0.2, 0) is 16.1 Å². The number of nitrogens with zero attached hydrogens (tertiary/aromatic N) is 3. The first-order valence-corrected chi connectivity index (χ1v) is 9.53. The topological polar surface area (TPSA) is 123 Å². The maximum atomic E-state index is 12.2. The highest BCUT2D eigenvalue weighted by atomic mass is 16.6. The van der Waals surface area contributed by atoms with E-state index in [-0.39, 0.29) is 24.0 Å². The Morgan fingerprint density at radius 3 is 2.90 bits per heavy atom. The first-order chi connectivity index (χ1) is 14.6. The van der Waals surface area contributed by atoms with E-state index >= 15 is 0 Å². The molecule has 10 nitrogen and oxygen atoms in total. The van der Waals surface area contributed by atoms with Crippen molar-refractivity contribution in [1.82, 2.24) is 14.9 Å². The predicted octanol–water partition coefficient (Wildman–Crippen LogP) is 2.32. The highest BCUT2D eigenvalue weighted by Gasteiger charge is 2.14. The molecular weight excluding hydrogens is 390 g/mol. The van der Waals surface area contributed by atoms with Crippen LogP contribution >= 0.6 is 0 Å². The highest BCUT2D eigenvalue weighted by molar-refractivity contribution is 5.94. The van der Waals surface area contributed by atoms with Gasteiger partial charge in [-0.1, -0.05) is 6.07 Å². The molecule has 0 unspecified atom stereocenters. The third-order valence-electron chi connectivity index (χ3n) is 4.69. The number of carbonyl (C=O) groups is 1. The number of H-pyrrole nitrogens is 1. The van der Waals surface area contributed by atoms with Crippen molar-refractivity contribution >= 4 is 28.3 Å². The third kappa shape index (κ3) is 4.91. The van der Waals surface area contributed by atoms with Gasteiger partial charge in [-0.15, -0.1) is 0 Å². The van der Waals surface area contributed by atoms with Crippen molar-refractivity contribution in [2.45, 2.75) is 6.54 Å². The Bertz CT molecular complexity index is 1060. The van der Waals surface area contributed by atoms with Gasteiger partial charge in [-0.25, -0.2) is 4.98 Å². The van der Waals surface area contributed by atoms with Gasteiger partial charge in [-0.3, -0.25) is 19.8 Å². The number of hydrogen-bond donors (Lipinski definition) is 2. The third-order valence-corrected chi connectivity index (χ3v) is 4.69. The Labute approximate surface area is 171 Å². The van der Waals surface area contributed by atoms with Crippen LogP contribution in [0.15, 0.2) is 42.5 Å². The van der Waals surface area contributed by atoms with Crippen LogP contribution in [0.2, 0.25) is 0 Å². The van der Waals surface area contributed by atoms with Crippen molar-refractivity contribution in [3.05, 3.63) is 58.4 Å². The lowest BCUT2D eigenvalue weighted by atomic mass is 10.3. The van der Waals surface area contributed by atoms with E-state index in [0.29, 0.717) is 5.69 Å². The molecule has 0 bridgehead atoms. The zero-order valence-electron chi connectivity index (χ0n) is 16.2. The van der Waals surface area contributed by atoms with Gasteiger partial charge in [-0.2, -0.15) is 0 Å². The second kappa shape index (κ2) is 8.89. The largest absolute Gasteiger partial charge is 0.484 e. The Morgan fingerprint density at radius 2 is 2.10 bits per heavy atom. The SMILES string of the molecule is O=C(COc1cccc([N+](=O)[O-])c1)Nc1ccc2nc(CN3CCOCC3)[nH]c2c1. The van der Waals surface area contributed by atoms with Crippen molar-refractivity contribution in [1.29, 1.82) is 0 Å². The Morgan fingerprint density at radius 1 is 1.27 bits per heavy atom. The number of benzene rings is 2. The molecule has 3 aromatic rings. The molecule has 0 atom stereocenters. The van der Waals surface area contributed by atoms with E-state index in [9.17, 15) is 14.9 Å². The van der Waals surface area contributed by atoms with E-state index in [1.807, 2.05) is 12.1 Å². The number of non-ortho nitro benzene ring substituents is 1. The average Bonchev–Trinajstić information content (AvgIpc) is 3.14. The zero-order valence-corrected chi connectivity index (χ0v) is 16.2. The second-order valence-corrected chi connectivity index (χ2v) is 6.90. The monoisotopic (exact) mass is 411 g/mol. The fourth-order valence-corrected chi connectivity index (χ4v) is 3.22. The Balaban J connectivity index is 1.35. The fourth-order valence-electron chi connectivity index (χ4n) is 3.22. The van der Waals surface area contributed by atoms with Crippen molar-refractivity contribution in [2.75, 3.05) is 38.2 Å². The lowest BCUT2D eigenvalue weighted by Gasteiger charge is -2.25. The number of ether oxygens (including phenoxy) is 2. The molecule has 10 heteroatoms. The molecule has 1 aliphatic heterocycles. The standard InChI is InChI=1S/C20H21N5O5/c26-20(13-30-16-3-1-2-15(11-16)25(27)28)21-14-4-5-17-18(10-14)23-19(22-17)12-24-6-8-29-9-7-24/h1-5,10-11H,6-9,12-13H2,(H,21,26)(H,22,23). The van der Waals surface area contributed by atoms with Gasteiger partial charge in [0.2, 0.25) is 0 Å². The average molecular weight is 411 g/mol. The lowest BCUT2D eigenvalue weighted by Crippen LogP contribution is -2.35. The molecule has 0 spiro atoms. The molecule has 1 aliphatic rings. The van der Waals surface area contributed by atoms with Crippen LogP contribution in [0.4, 0.5) is 11.4 Å². The Hall–Kier alpha value is -3.50.